The van der Waals surface area contributed by atoms with E-state index in [0.29, 0.717) is 11.1 Å². The summed E-state index contributed by atoms with van der Waals surface area (Å²) in [6.45, 7) is 0.804. The Kier molecular flexibility index (Phi) is 11.0. The molecule has 4 rings (SSSR count). The van der Waals surface area contributed by atoms with Gasteiger partial charge in [0.2, 0.25) is 0 Å². The lowest BCUT2D eigenvalue weighted by Crippen LogP contribution is -2.64. The number of aromatic hydroxyl groups is 4. The molecule has 0 radical (unpaired) electrons. The molecule has 2 aromatic rings. The Morgan fingerprint density at radius 1 is 0.795 bits per heavy atom. The third kappa shape index (κ3) is 7.95. The predicted octanol–water partition coefficient (Wildman–Crippen LogP) is -1.02. The standard InChI is InChI=1S/C29H36O15/c1-13-22(35)24(37)25(38)29(42-13)44-27-23(36)20(12-41-21(34)7-4-14-2-5-16(30)18(32)10-14)43-28(26(27)39)40-9-8-15-3-6-17(31)19(33)11-15/h2-7,10-11,13,20,22-33,35-39H,8-9,12H2,1H3/t13-,20+,22-,23+,24+,25-,26+,27-,28+,29-/m0/s1. The van der Waals surface area contributed by atoms with Gasteiger partial charge in [0.25, 0.3) is 0 Å². The van der Waals surface area contributed by atoms with Crippen molar-refractivity contribution in [3.05, 3.63) is 53.6 Å². The fraction of sp³-hybridized carbons (Fsp3) is 0.483. The van der Waals surface area contributed by atoms with Crippen molar-refractivity contribution in [3.63, 3.8) is 0 Å². The monoisotopic (exact) mass is 624 g/mol. The lowest BCUT2D eigenvalue weighted by Gasteiger charge is -2.45. The fourth-order valence-electron chi connectivity index (χ4n) is 4.66. The third-order valence-electron chi connectivity index (χ3n) is 7.26. The molecule has 15 heteroatoms. The summed E-state index contributed by atoms with van der Waals surface area (Å²) < 4.78 is 27.7. The number of phenolic OH excluding ortho intramolecular Hbond substituents is 4. The molecule has 10 atom stereocenters. The van der Waals surface area contributed by atoms with Gasteiger partial charge in [0, 0.05) is 6.08 Å². The van der Waals surface area contributed by atoms with E-state index >= 15 is 0 Å². The first-order chi connectivity index (χ1) is 20.8. The minimum Gasteiger partial charge on any atom is -0.504 e. The largest absolute Gasteiger partial charge is 0.504 e. The highest BCUT2D eigenvalue weighted by molar-refractivity contribution is 5.87. The molecule has 9 N–H and O–H groups in total. The Morgan fingerprint density at radius 3 is 2.16 bits per heavy atom. The Labute approximate surface area is 251 Å². The summed E-state index contributed by atoms with van der Waals surface area (Å²) >= 11 is 0. The van der Waals surface area contributed by atoms with E-state index in [0.717, 1.165) is 6.08 Å². The second kappa shape index (κ2) is 14.5. The molecule has 2 aliphatic rings. The van der Waals surface area contributed by atoms with Gasteiger partial charge < -0.3 is 69.6 Å². The molecule has 2 fully saturated rings. The lowest BCUT2D eigenvalue weighted by molar-refractivity contribution is -0.357. The summed E-state index contributed by atoms with van der Waals surface area (Å²) in [7, 11) is 0. The van der Waals surface area contributed by atoms with Crippen molar-refractivity contribution in [3.8, 4) is 23.0 Å². The molecule has 44 heavy (non-hydrogen) atoms. The number of benzene rings is 2. The summed E-state index contributed by atoms with van der Waals surface area (Å²) in [6, 6.07) is 8.05. The van der Waals surface area contributed by atoms with E-state index in [4.69, 9.17) is 23.7 Å². The van der Waals surface area contributed by atoms with Gasteiger partial charge >= 0.3 is 5.97 Å². The molecule has 15 nitrogen and oxygen atoms in total. The van der Waals surface area contributed by atoms with Gasteiger partial charge in [-0.05, 0) is 54.8 Å². The van der Waals surface area contributed by atoms with Crippen LogP contribution in [-0.4, -0.2) is 127 Å². The van der Waals surface area contributed by atoms with Gasteiger partial charge in [0.15, 0.2) is 35.6 Å². The average molecular weight is 625 g/mol. The van der Waals surface area contributed by atoms with Crippen LogP contribution in [-0.2, 0) is 34.9 Å². The zero-order valence-electron chi connectivity index (χ0n) is 23.5. The van der Waals surface area contributed by atoms with E-state index < -0.39 is 74.0 Å². The highest BCUT2D eigenvalue weighted by Gasteiger charge is 2.50. The second-order valence-corrected chi connectivity index (χ2v) is 10.5. The minimum absolute atomic E-state index is 0.0754. The molecular formula is C29H36O15. The Balaban J connectivity index is 1.44. The molecule has 0 spiro atoms. The maximum Gasteiger partial charge on any atom is 0.330 e. The van der Waals surface area contributed by atoms with Crippen molar-refractivity contribution in [2.75, 3.05) is 13.2 Å². The van der Waals surface area contributed by atoms with Crippen molar-refractivity contribution >= 4 is 12.0 Å². The molecule has 242 valence electrons. The van der Waals surface area contributed by atoms with E-state index in [1.54, 1.807) is 6.07 Å². The van der Waals surface area contributed by atoms with Gasteiger partial charge in [-0.2, -0.15) is 0 Å². The van der Waals surface area contributed by atoms with Crippen LogP contribution in [0.3, 0.4) is 0 Å². The predicted molar refractivity (Wildman–Crippen MR) is 147 cm³/mol. The van der Waals surface area contributed by atoms with Crippen molar-refractivity contribution in [1.29, 1.82) is 0 Å². The van der Waals surface area contributed by atoms with Gasteiger partial charge in [-0.15, -0.1) is 0 Å². The topological polar surface area (TPSA) is 245 Å². The second-order valence-electron chi connectivity index (χ2n) is 10.5. The fourth-order valence-corrected chi connectivity index (χ4v) is 4.66. The normalized spacial score (nSPS) is 32.5. The van der Waals surface area contributed by atoms with Gasteiger partial charge in [0.1, 0.15) is 49.3 Å². The minimum atomic E-state index is -1.74. The van der Waals surface area contributed by atoms with Crippen LogP contribution in [0.15, 0.2) is 42.5 Å². The molecule has 0 aliphatic carbocycles. The number of ether oxygens (including phenoxy) is 5. The molecule has 2 heterocycles. The van der Waals surface area contributed by atoms with E-state index in [2.05, 4.69) is 0 Å². The molecule has 0 saturated carbocycles. The van der Waals surface area contributed by atoms with Crippen LogP contribution in [0.2, 0.25) is 0 Å². The molecule has 2 aromatic carbocycles. The van der Waals surface area contributed by atoms with Crippen molar-refractivity contribution < 1.29 is 74.4 Å². The molecule has 2 aliphatic heterocycles. The van der Waals surface area contributed by atoms with Crippen LogP contribution in [0.1, 0.15) is 18.1 Å². The number of hydrogen-bond acceptors (Lipinski definition) is 15. The zero-order valence-corrected chi connectivity index (χ0v) is 23.5. The van der Waals surface area contributed by atoms with Crippen LogP contribution in [0.25, 0.3) is 6.08 Å². The van der Waals surface area contributed by atoms with Gasteiger partial charge in [-0.25, -0.2) is 4.79 Å². The summed E-state index contributed by atoms with van der Waals surface area (Å²) in [5.74, 6) is -2.23. The molecule has 2 saturated heterocycles. The third-order valence-corrected chi connectivity index (χ3v) is 7.26. The first kappa shape index (κ1) is 33.4. The highest BCUT2D eigenvalue weighted by Crippen LogP contribution is 2.31. The number of hydrogen-bond donors (Lipinski definition) is 9. The number of phenols is 4. The van der Waals surface area contributed by atoms with Gasteiger partial charge in [-0.3, -0.25) is 0 Å². The number of rotatable bonds is 10. The van der Waals surface area contributed by atoms with E-state index in [1.807, 2.05) is 0 Å². The SMILES string of the molecule is C[C@@H]1O[C@@H](O[C@@H]2[C@@H](O)[C@H](OCCc3ccc(O)c(O)c3)O[C@H](COC(=O)C=Cc3ccc(O)c(O)c3)[C@H]2O)[C@@H](O)[C@H](O)[C@H]1O. The quantitative estimate of drug-likeness (QED) is 0.0873. The summed E-state index contributed by atoms with van der Waals surface area (Å²) in [5.41, 5.74) is 0.962. The number of carbonyl (C=O) groups excluding carboxylic acids is 1. The first-order valence-electron chi connectivity index (χ1n) is 13.7. The number of carbonyl (C=O) groups is 1. The van der Waals surface area contributed by atoms with Crippen LogP contribution < -0.4 is 0 Å². The number of esters is 1. The molecule has 0 unspecified atom stereocenters. The van der Waals surface area contributed by atoms with Crippen molar-refractivity contribution in [1.82, 2.24) is 0 Å². The average Bonchev–Trinajstić information content (AvgIpc) is 2.99. The Morgan fingerprint density at radius 2 is 1.48 bits per heavy atom. The maximum atomic E-state index is 12.4. The van der Waals surface area contributed by atoms with E-state index in [-0.39, 0.29) is 36.0 Å². The summed E-state index contributed by atoms with van der Waals surface area (Å²) in [5, 5.41) is 90.8. The first-order valence-corrected chi connectivity index (χ1v) is 13.7. The summed E-state index contributed by atoms with van der Waals surface area (Å²) in [6.07, 6.45) is -12.5. The molecule has 0 aromatic heterocycles. The Hall–Kier alpha value is -3.51. The van der Waals surface area contributed by atoms with Crippen molar-refractivity contribution in [2.24, 2.45) is 0 Å². The van der Waals surface area contributed by atoms with Crippen LogP contribution in [0.5, 0.6) is 23.0 Å². The molecule has 0 amide bonds. The van der Waals surface area contributed by atoms with Crippen LogP contribution in [0, 0.1) is 0 Å². The smallest absolute Gasteiger partial charge is 0.330 e. The lowest BCUT2D eigenvalue weighted by atomic mass is 9.97. The van der Waals surface area contributed by atoms with Crippen LogP contribution in [0.4, 0.5) is 0 Å². The number of aliphatic hydroxyl groups excluding tert-OH is 5. The summed E-state index contributed by atoms with van der Waals surface area (Å²) in [4.78, 5) is 12.4. The van der Waals surface area contributed by atoms with E-state index in [1.165, 1.54) is 43.3 Å². The van der Waals surface area contributed by atoms with E-state index in [9.17, 15) is 50.8 Å². The highest BCUT2D eigenvalue weighted by atomic mass is 16.7. The maximum absolute atomic E-state index is 12.4. The zero-order chi connectivity index (χ0) is 32.1. The molecular weight excluding hydrogens is 588 g/mol. The number of aliphatic hydroxyl groups is 5. The van der Waals surface area contributed by atoms with Gasteiger partial charge in [-0.1, -0.05) is 12.1 Å². The van der Waals surface area contributed by atoms with Gasteiger partial charge in [0.05, 0.1) is 12.7 Å². The Bertz CT molecular complexity index is 1300. The van der Waals surface area contributed by atoms with Crippen molar-refractivity contribution in [2.45, 2.75) is 74.8 Å². The van der Waals surface area contributed by atoms with Crippen LogP contribution >= 0.6 is 0 Å². The molecule has 0 bridgehead atoms.